The summed E-state index contributed by atoms with van der Waals surface area (Å²) in [4.78, 5) is 31.1. The molecule has 3 aromatic carbocycles. The van der Waals surface area contributed by atoms with Gasteiger partial charge in [-0.3, -0.25) is 10.1 Å². The third kappa shape index (κ3) is 5.52. The molecule has 2 N–H and O–H groups in total. The smallest absolute Gasteiger partial charge is 0.323 e. The Hall–Kier alpha value is -3.71. The molecular formula is C28H27N3O3S. The van der Waals surface area contributed by atoms with E-state index in [2.05, 4.69) is 34.6 Å². The molecule has 1 aliphatic carbocycles. The van der Waals surface area contributed by atoms with E-state index in [1.54, 1.807) is 4.90 Å². The molecule has 4 aromatic rings. The van der Waals surface area contributed by atoms with E-state index in [4.69, 9.17) is 0 Å². The number of nitrogens with zero attached hydrogens (tertiary/aromatic N) is 2. The van der Waals surface area contributed by atoms with E-state index >= 15 is 0 Å². The van der Waals surface area contributed by atoms with Gasteiger partial charge in [0.05, 0.1) is 16.1 Å². The molecule has 178 valence electrons. The molecule has 35 heavy (non-hydrogen) atoms. The van der Waals surface area contributed by atoms with Crippen molar-refractivity contribution in [3.8, 4) is 0 Å². The van der Waals surface area contributed by atoms with Crippen LogP contribution in [0.25, 0.3) is 10.2 Å². The lowest BCUT2D eigenvalue weighted by molar-refractivity contribution is -0.138. The SMILES string of the molecule is O=C(O)C1CC1CN(CCC(c1ccccc1)c1ccccc1)C(=O)Nc1nc2ccccc2s1. The average molecular weight is 486 g/mol. The van der Waals surface area contributed by atoms with Crippen LogP contribution < -0.4 is 5.32 Å². The second kappa shape index (κ2) is 10.3. The van der Waals surface area contributed by atoms with Crippen molar-refractivity contribution in [2.24, 2.45) is 11.8 Å². The first-order valence-electron chi connectivity index (χ1n) is 11.8. The fourth-order valence-electron chi connectivity index (χ4n) is 4.59. The molecular weight excluding hydrogens is 458 g/mol. The summed E-state index contributed by atoms with van der Waals surface area (Å²) < 4.78 is 1.01. The lowest BCUT2D eigenvalue weighted by atomic mass is 9.88. The largest absolute Gasteiger partial charge is 0.481 e. The number of aliphatic carboxylic acids is 1. The number of rotatable bonds is 9. The topological polar surface area (TPSA) is 82.5 Å². The predicted octanol–water partition coefficient (Wildman–Crippen LogP) is 6.07. The summed E-state index contributed by atoms with van der Waals surface area (Å²) in [6.45, 7) is 0.929. The number of carboxylic acids is 1. The Bertz CT molecular complexity index is 1240. The van der Waals surface area contributed by atoms with Gasteiger partial charge in [0.2, 0.25) is 0 Å². The van der Waals surface area contributed by atoms with Crippen LogP contribution in [0.2, 0.25) is 0 Å². The number of carbonyl (C=O) groups excluding carboxylic acids is 1. The highest BCUT2D eigenvalue weighted by molar-refractivity contribution is 7.22. The van der Waals surface area contributed by atoms with Crippen molar-refractivity contribution in [2.45, 2.75) is 18.8 Å². The summed E-state index contributed by atoms with van der Waals surface area (Å²) in [6, 6.07) is 28.1. The zero-order valence-corrected chi connectivity index (χ0v) is 20.0. The number of nitrogens with one attached hydrogen (secondary N) is 1. The monoisotopic (exact) mass is 485 g/mol. The van der Waals surface area contributed by atoms with Crippen molar-refractivity contribution in [2.75, 3.05) is 18.4 Å². The summed E-state index contributed by atoms with van der Waals surface area (Å²) >= 11 is 1.44. The highest BCUT2D eigenvalue weighted by atomic mass is 32.1. The van der Waals surface area contributed by atoms with Gasteiger partial charge in [0.1, 0.15) is 0 Å². The zero-order valence-electron chi connectivity index (χ0n) is 19.2. The van der Waals surface area contributed by atoms with Crippen LogP contribution in [-0.4, -0.2) is 40.1 Å². The van der Waals surface area contributed by atoms with Gasteiger partial charge in [-0.15, -0.1) is 0 Å². The molecule has 1 saturated carbocycles. The average Bonchev–Trinajstić information content (AvgIpc) is 3.54. The number of anilines is 1. The van der Waals surface area contributed by atoms with Crippen LogP contribution in [0.1, 0.15) is 29.9 Å². The van der Waals surface area contributed by atoms with E-state index in [1.165, 1.54) is 22.5 Å². The van der Waals surface area contributed by atoms with Gasteiger partial charge in [0, 0.05) is 19.0 Å². The number of para-hydroxylation sites is 1. The van der Waals surface area contributed by atoms with Crippen molar-refractivity contribution in [1.29, 1.82) is 0 Å². The predicted molar refractivity (Wildman–Crippen MR) is 139 cm³/mol. The number of urea groups is 1. The molecule has 5 rings (SSSR count). The molecule has 0 aliphatic heterocycles. The number of thiazole rings is 1. The van der Waals surface area contributed by atoms with Crippen molar-refractivity contribution < 1.29 is 14.7 Å². The minimum atomic E-state index is -0.784. The summed E-state index contributed by atoms with van der Waals surface area (Å²) in [5.74, 6) is -1.04. The molecule has 2 amide bonds. The van der Waals surface area contributed by atoms with E-state index < -0.39 is 5.97 Å². The Kier molecular flexibility index (Phi) is 6.77. The molecule has 0 saturated heterocycles. The number of benzene rings is 3. The first kappa shape index (κ1) is 23.1. The van der Waals surface area contributed by atoms with Gasteiger partial charge in [-0.1, -0.05) is 84.1 Å². The number of hydrogen-bond acceptors (Lipinski definition) is 4. The van der Waals surface area contributed by atoms with Crippen LogP contribution in [0.3, 0.4) is 0 Å². The van der Waals surface area contributed by atoms with Crippen molar-refractivity contribution >= 4 is 38.7 Å². The number of aromatic nitrogens is 1. The summed E-state index contributed by atoms with van der Waals surface area (Å²) in [6.07, 6.45) is 1.34. The van der Waals surface area contributed by atoms with Gasteiger partial charge in [-0.2, -0.15) is 0 Å². The van der Waals surface area contributed by atoms with Crippen LogP contribution >= 0.6 is 11.3 Å². The molecule has 1 aromatic heterocycles. The normalized spacial score (nSPS) is 16.8. The fraction of sp³-hybridized carbons (Fsp3) is 0.250. The third-order valence-corrected chi connectivity index (χ3v) is 7.53. The molecule has 1 fully saturated rings. The Morgan fingerprint density at radius 2 is 1.60 bits per heavy atom. The molecule has 6 nitrogen and oxygen atoms in total. The number of carbonyl (C=O) groups is 2. The molecule has 7 heteroatoms. The Labute approximate surface area is 208 Å². The van der Waals surface area contributed by atoms with Crippen molar-refractivity contribution in [1.82, 2.24) is 9.88 Å². The van der Waals surface area contributed by atoms with Gasteiger partial charge in [0.15, 0.2) is 5.13 Å². The maximum Gasteiger partial charge on any atom is 0.323 e. The summed E-state index contributed by atoms with van der Waals surface area (Å²) in [7, 11) is 0. The Balaban J connectivity index is 1.34. The lowest BCUT2D eigenvalue weighted by Gasteiger charge is -2.26. The van der Waals surface area contributed by atoms with Gasteiger partial charge in [-0.05, 0) is 42.0 Å². The van der Waals surface area contributed by atoms with Crippen LogP contribution in [0.5, 0.6) is 0 Å². The molecule has 1 aliphatic rings. The van der Waals surface area contributed by atoms with Gasteiger partial charge < -0.3 is 10.0 Å². The van der Waals surface area contributed by atoms with E-state index in [0.717, 1.165) is 16.6 Å². The van der Waals surface area contributed by atoms with Gasteiger partial charge >= 0.3 is 12.0 Å². The van der Waals surface area contributed by atoms with E-state index in [0.29, 0.717) is 24.6 Å². The quantitative estimate of drug-likeness (QED) is 0.301. The number of carboxylic acid groups (broad SMARTS) is 1. The number of fused-ring (bicyclic) bond motifs is 1. The molecule has 2 unspecified atom stereocenters. The maximum atomic E-state index is 13.3. The summed E-state index contributed by atoms with van der Waals surface area (Å²) in [5, 5.41) is 12.9. The molecule has 0 radical (unpaired) electrons. The minimum Gasteiger partial charge on any atom is -0.481 e. The fourth-order valence-corrected chi connectivity index (χ4v) is 5.44. The first-order valence-corrected chi connectivity index (χ1v) is 12.6. The summed E-state index contributed by atoms with van der Waals surface area (Å²) in [5.41, 5.74) is 3.24. The van der Waals surface area contributed by atoms with Crippen LogP contribution in [0, 0.1) is 11.8 Å². The van der Waals surface area contributed by atoms with Crippen LogP contribution in [-0.2, 0) is 4.79 Å². The van der Waals surface area contributed by atoms with Gasteiger partial charge in [0.25, 0.3) is 0 Å². The maximum absolute atomic E-state index is 13.3. The van der Waals surface area contributed by atoms with Gasteiger partial charge in [-0.25, -0.2) is 9.78 Å². The highest BCUT2D eigenvalue weighted by Crippen LogP contribution is 2.39. The highest BCUT2D eigenvalue weighted by Gasteiger charge is 2.44. The third-order valence-electron chi connectivity index (χ3n) is 6.58. The van der Waals surface area contributed by atoms with E-state index in [-0.39, 0.29) is 23.8 Å². The van der Waals surface area contributed by atoms with Crippen molar-refractivity contribution in [3.63, 3.8) is 0 Å². The van der Waals surface area contributed by atoms with E-state index in [1.807, 2.05) is 60.7 Å². The number of amides is 2. The number of hydrogen-bond donors (Lipinski definition) is 2. The van der Waals surface area contributed by atoms with Crippen LogP contribution in [0.15, 0.2) is 84.9 Å². The minimum absolute atomic E-state index is 0.0134. The standard InChI is InChI=1S/C28H27N3O3S/c32-26(33)23-17-21(23)18-31(28(34)30-27-29-24-13-7-8-14-25(24)35-27)16-15-22(19-9-3-1-4-10-19)20-11-5-2-6-12-20/h1-14,21-23H,15-18H2,(H,32,33)(H,29,30,34). The van der Waals surface area contributed by atoms with Crippen LogP contribution in [0.4, 0.5) is 9.93 Å². The molecule has 0 spiro atoms. The van der Waals surface area contributed by atoms with Crippen molar-refractivity contribution in [3.05, 3.63) is 96.1 Å². The first-order chi connectivity index (χ1) is 17.1. The molecule has 2 atom stereocenters. The Morgan fingerprint density at radius 1 is 0.971 bits per heavy atom. The molecule has 0 bridgehead atoms. The second-order valence-electron chi connectivity index (χ2n) is 8.97. The van der Waals surface area contributed by atoms with E-state index in [9.17, 15) is 14.7 Å². The molecule has 1 heterocycles. The second-order valence-corrected chi connectivity index (χ2v) is 10.00. The lowest BCUT2D eigenvalue weighted by Crippen LogP contribution is -2.38. The zero-order chi connectivity index (χ0) is 24.2. The Morgan fingerprint density at radius 3 is 2.20 bits per heavy atom.